The summed E-state index contributed by atoms with van der Waals surface area (Å²) in [6, 6.07) is 0. The number of ether oxygens (including phenoxy) is 2. The van der Waals surface area contributed by atoms with Gasteiger partial charge in [0.2, 0.25) is 0 Å². The largest absolute Gasteiger partial charge is 0.460 e. The molecule has 4 aliphatic carbocycles. The van der Waals surface area contributed by atoms with Crippen molar-refractivity contribution in [1.82, 2.24) is 0 Å². The lowest BCUT2D eigenvalue weighted by Gasteiger charge is -2.63. The first-order chi connectivity index (χ1) is 17.1. The van der Waals surface area contributed by atoms with Crippen LogP contribution in [-0.2, 0) is 19.1 Å². The number of hydrogen-bond donors (Lipinski definition) is 1. The van der Waals surface area contributed by atoms with Gasteiger partial charge in [-0.25, -0.2) is 0 Å². The third-order valence-corrected chi connectivity index (χ3v) is 12.6. The summed E-state index contributed by atoms with van der Waals surface area (Å²) in [5.41, 5.74) is 0.870. The predicted molar refractivity (Wildman–Crippen MR) is 144 cm³/mol. The zero-order valence-electron chi connectivity index (χ0n) is 24.5. The quantitative estimate of drug-likeness (QED) is 0.355. The lowest BCUT2D eigenvalue weighted by atomic mass is 9.41. The van der Waals surface area contributed by atoms with Crippen LogP contribution in [0.25, 0.3) is 0 Å². The molecule has 0 unspecified atom stereocenters. The van der Waals surface area contributed by atoms with Gasteiger partial charge in [0.25, 0.3) is 0 Å². The van der Waals surface area contributed by atoms with Crippen molar-refractivity contribution in [2.75, 3.05) is 6.61 Å². The Labute approximate surface area is 224 Å². The Bertz CT molecular complexity index is 990. The summed E-state index contributed by atoms with van der Waals surface area (Å²) in [5.74, 6) is 1.93. The predicted octanol–water partition coefficient (Wildman–Crippen LogP) is 6.27. The molecule has 0 aromatic carbocycles. The van der Waals surface area contributed by atoms with Crippen LogP contribution >= 0.6 is 0 Å². The van der Waals surface area contributed by atoms with Crippen molar-refractivity contribution in [3.63, 3.8) is 0 Å². The van der Waals surface area contributed by atoms with Gasteiger partial charge in [-0.15, -0.1) is 0 Å². The third-order valence-electron chi connectivity index (χ3n) is 12.6. The highest BCUT2D eigenvalue weighted by Crippen LogP contribution is 2.73. The smallest absolute Gasteiger partial charge is 0.302 e. The summed E-state index contributed by atoms with van der Waals surface area (Å²) in [4.78, 5) is 24.8. The van der Waals surface area contributed by atoms with Crippen LogP contribution < -0.4 is 0 Å². The molecule has 37 heavy (non-hydrogen) atoms. The molecule has 0 aromatic rings. The molecule has 9 atom stereocenters. The molecule has 1 aliphatic heterocycles. The second kappa shape index (κ2) is 8.65. The van der Waals surface area contributed by atoms with Gasteiger partial charge < -0.3 is 14.6 Å². The van der Waals surface area contributed by atoms with Crippen molar-refractivity contribution in [3.05, 3.63) is 11.6 Å². The molecule has 0 aromatic heterocycles. The number of esters is 1. The molecular formula is C32H50O5. The van der Waals surface area contributed by atoms with Crippen LogP contribution in [0.5, 0.6) is 0 Å². The number of rotatable bonds is 3. The molecular weight excluding hydrogens is 464 g/mol. The number of carbonyl (C=O) groups excluding carboxylic acids is 2. The first-order valence-electron chi connectivity index (χ1n) is 14.8. The molecule has 5 aliphatic rings. The van der Waals surface area contributed by atoms with Gasteiger partial charge >= 0.3 is 5.97 Å². The van der Waals surface area contributed by atoms with Crippen LogP contribution in [0.3, 0.4) is 0 Å². The maximum absolute atomic E-state index is 12.9. The molecule has 0 amide bonds. The maximum atomic E-state index is 12.9. The summed E-state index contributed by atoms with van der Waals surface area (Å²) in [7, 11) is 0. The molecule has 5 nitrogen and oxygen atoms in total. The molecule has 1 N–H and O–H groups in total. The van der Waals surface area contributed by atoms with Crippen LogP contribution in [-0.4, -0.2) is 41.3 Å². The highest BCUT2D eigenvalue weighted by atomic mass is 16.6. The number of hydrogen-bond acceptors (Lipinski definition) is 5. The van der Waals surface area contributed by atoms with Crippen molar-refractivity contribution >= 4 is 11.8 Å². The molecule has 0 radical (unpaired) electrons. The van der Waals surface area contributed by atoms with Crippen molar-refractivity contribution in [3.8, 4) is 0 Å². The molecule has 5 heteroatoms. The van der Waals surface area contributed by atoms with E-state index in [1.54, 1.807) is 19.4 Å². The molecule has 1 heterocycles. The van der Waals surface area contributed by atoms with E-state index in [-0.39, 0.29) is 27.6 Å². The van der Waals surface area contributed by atoms with Crippen molar-refractivity contribution in [2.24, 2.45) is 45.3 Å². The van der Waals surface area contributed by atoms with Gasteiger partial charge in [0.1, 0.15) is 18.0 Å². The van der Waals surface area contributed by atoms with E-state index in [2.05, 4.69) is 40.7 Å². The minimum absolute atomic E-state index is 0.143. The molecule has 0 bridgehead atoms. The Balaban J connectivity index is 1.43. The number of Topliss-reactive ketones (excluding diaryl/α,β-unsaturated/α-hetero) is 1. The number of allylic oxidation sites excluding steroid dienone is 2. The normalized spacial score (nSPS) is 47.4. The molecule has 5 rings (SSSR count). The Kier molecular flexibility index (Phi) is 6.40. The average Bonchev–Trinajstić information content (AvgIpc) is 3.07. The van der Waals surface area contributed by atoms with Crippen LogP contribution in [0.4, 0.5) is 0 Å². The minimum Gasteiger partial charge on any atom is -0.460 e. The van der Waals surface area contributed by atoms with E-state index < -0.39 is 17.8 Å². The van der Waals surface area contributed by atoms with E-state index in [0.29, 0.717) is 36.1 Å². The maximum Gasteiger partial charge on any atom is 0.302 e. The van der Waals surface area contributed by atoms with Gasteiger partial charge in [-0.2, -0.15) is 0 Å². The number of carbonyl (C=O) groups is 2. The standard InChI is InChI=1S/C32H50O5/c1-19(33)37-24-17-20(18-36-27(24)29(4,5)35)21-11-15-32(8)23-9-10-25-28(2,3)26(34)13-14-30(25,6)22(23)12-16-31(21,32)7/h9,20-22,24-25,27,35H,10-18H2,1-8H3/t20-,21+,22+,24-,25+,27+,30-,31+,32-/m1/s1. The second-order valence-electron chi connectivity index (χ2n) is 15.1. The molecule has 208 valence electrons. The van der Waals surface area contributed by atoms with Gasteiger partial charge in [-0.3, -0.25) is 9.59 Å². The van der Waals surface area contributed by atoms with E-state index in [1.807, 2.05) is 0 Å². The van der Waals surface area contributed by atoms with E-state index in [0.717, 1.165) is 32.1 Å². The monoisotopic (exact) mass is 514 g/mol. The third kappa shape index (κ3) is 3.91. The zero-order chi connectivity index (χ0) is 27.2. The number of fused-ring (bicyclic) bond motifs is 5. The van der Waals surface area contributed by atoms with E-state index in [1.165, 1.54) is 26.2 Å². The van der Waals surface area contributed by atoms with Gasteiger partial charge in [-0.05, 0) is 98.7 Å². The average molecular weight is 515 g/mol. The van der Waals surface area contributed by atoms with E-state index in [4.69, 9.17) is 9.47 Å². The Morgan fingerprint density at radius 1 is 1.11 bits per heavy atom. The van der Waals surface area contributed by atoms with Gasteiger partial charge in [0, 0.05) is 18.8 Å². The minimum atomic E-state index is -1.06. The number of aliphatic hydroxyl groups is 1. The summed E-state index contributed by atoms with van der Waals surface area (Å²) < 4.78 is 12.0. The molecule has 4 fully saturated rings. The van der Waals surface area contributed by atoms with Gasteiger partial charge in [0.05, 0.1) is 12.2 Å². The fourth-order valence-electron chi connectivity index (χ4n) is 10.4. The Morgan fingerprint density at radius 3 is 2.46 bits per heavy atom. The van der Waals surface area contributed by atoms with E-state index in [9.17, 15) is 14.7 Å². The van der Waals surface area contributed by atoms with Crippen molar-refractivity contribution in [1.29, 1.82) is 0 Å². The molecule has 3 saturated carbocycles. The lowest BCUT2D eigenvalue weighted by molar-refractivity contribution is -0.204. The lowest BCUT2D eigenvalue weighted by Crippen LogP contribution is -2.58. The highest BCUT2D eigenvalue weighted by molar-refractivity contribution is 5.85. The fraction of sp³-hybridized carbons (Fsp3) is 0.875. The van der Waals surface area contributed by atoms with Crippen molar-refractivity contribution in [2.45, 2.75) is 125 Å². The van der Waals surface area contributed by atoms with Gasteiger partial charge in [-0.1, -0.05) is 46.3 Å². The van der Waals surface area contributed by atoms with Crippen LogP contribution in [0.1, 0.15) is 107 Å². The summed E-state index contributed by atoms with van der Waals surface area (Å²) in [6.07, 6.45) is 9.90. The molecule has 0 spiro atoms. The molecule has 1 saturated heterocycles. The van der Waals surface area contributed by atoms with E-state index >= 15 is 0 Å². The summed E-state index contributed by atoms with van der Waals surface area (Å²) >= 11 is 0. The summed E-state index contributed by atoms with van der Waals surface area (Å²) in [5, 5.41) is 10.7. The Morgan fingerprint density at radius 2 is 1.81 bits per heavy atom. The van der Waals surface area contributed by atoms with Crippen LogP contribution in [0.15, 0.2) is 11.6 Å². The first kappa shape index (κ1) is 27.4. The van der Waals surface area contributed by atoms with Gasteiger partial charge in [0.15, 0.2) is 0 Å². The van der Waals surface area contributed by atoms with Crippen LogP contribution in [0.2, 0.25) is 0 Å². The highest BCUT2D eigenvalue weighted by Gasteiger charge is 2.66. The zero-order valence-corrected chi connectivity index (χ0v) is 24.5. The van der Waals surface area contributed by atoms with Crippen molar-refractivity contribution < 1.29 is 24.2 Å². The fourth-order valence-corrected chi connectivity index (χ4v) is 10.4. The van der Waals surface area contributed by atoms with Crippen LogP contribution in [0, 0.1) is 45.3 Å². The summed E-state index contributed by atoms with van der Waals surface area (Å²) in [6.45, 7) is 17.5. The number of ketones is 1. The Hall–Kier alpha value is -1.20. The second-order valence-corrected chi connectivity index (χ2v) is 15.1. The topological polar surface area (TPSA) is 72.8 Å². The first-order valence-corrected chi connectivity index (χ1v) is 14.8. The SMILES string of the molecule is CC(=O)O[C@@H]1C[C@@H]([C@@H]2CC[C@]3(C)C4=CC[C@H]5C(C)(C)C(=O)CC[C@]5(C)[C@H]4CC[C@@]23C)CO[C@@H]1C(C)(C)O.